The number of hydrogen-bond donors (Lipinski definition) is 2. The number of benzene rings is 1. The third-order valence-electron chi connectivity index (χ3n) is 8.26. The van der Waals surface area contributed by atoms with Gasteiger partial charge in [-0.2, -0.15) is 0 Å². The minimum Gasteiger partial charge on any atom is -0.496 e. The van der Waals surface area contributed by atoms with Gasteiger partial charge in [-0.25, -0.2) is 14.2 Å². The molecule has 11 nitrogen and oxygen atoms in total. The van der Waals surface area contributed by atoms with Crippen molar-refractivity contribution in [2.45, 2.75) is 45.7 Å². The minimum absolute atomic E-state index is 0.0155. The Labute approximate surface area is 256 Å². The summed E-state index contributed by atoms with van der Waals surface area (Å²) in [5, 5.41) is 13.0. The normalized spacial score (nSPS) is 17.9. The van der Waals surface area contributed by atoms with E-state index in [-0.39, 0.29) is 52.4 Å². The number of carbonyl (C=O) groups is 2. The first-order valence-corrected chi connectivity index (χ1v) is 14.5. The van der Waals surface area contributed by atoms with E-state index in [9.17, 15) is 19.5 Å². The van der Waals surface area contributed by atoms with Gasteiger partial charge in [0, 0.05) is 24.2 Å². The summed E-state index contributed by atoms with van der Waals surface area (Å²) in [7, 11) is 1.41. The summed E-state index contributed by atoms with van der Waals surface area (Å²) in [6.45, 7) is 7.52. The number of pyridine rings is 3. The summed E-state index contributed by atoms with van der Waals surface area (Å²) < 4.78 is 22.2. The lowest BCUT2D eigenvalue weighted by Gasteiger charge is -2.47. The van der Waals surface area contributed by atoms with Crippen LogP contribution in [-0.4, -0.2) is 68.8 Å². The molecular weight excluding hydrogens is 591 g/mol. The molecule has 1 saturated heterocycles. The van der Waals surface area contributed by atoms with E-state index >= 15 is 4.39 Å². The smallest absolute Gasteiger partial charge is 0.407 e. The van der Waals surface area contributed by atoms with Gasteiger partial charge in [0.25, 0.3) is 5.56 Å². The fraction of sp³-hybridized carbons (Fsp3) is 0.323. The Morgan fingerprint density at radius 2 is 1.95 bits per heavy atom. The van der Waals surface area contributed by atoms with Crippen molar-refractivity contribution in [3.63, 3.8) is 0 Å². The number of nitrogens with one attached hydrogen (secondary N) is 1. The van der Waals surface area contributed by atoms with Crippen LogP contribution in [0.5, 0.6) is 5.75 Å². The Bertz CT molecular complexity index is 1930. The third kappa shape index (κ3) is 4.43. The number of methoxy groups -OCH3 is 1. The maximum Gasteiger partial charge on any atom is 0.407 e. The predicted octanol–water partition coefficient (Wildman–Crippen LogP) is 5.19. The van der Waals surface area contributed by atoms with E-state index in [1.165, 1.54) is 28.7 Å². The fourth-order valence-corrected chi connectivity index (χ4v) is 6.42. The van der Waals surface area contributed by atoms with E-state index in [1.54, 1.807) is 36.2 Å². The number of hydrogen-bond acceptors (Lipinski definition) is 7. The molecule has 0 bridgehead atoms. The van der Waals surface area contributed by atoms with Crippen LogP contribution in [0.25, 0.3) is 28.0 Å². The van der Waals surface area contributed by atoms with Gasteiger partial charge >= 0.3 is 6.09 Å². The standard InChI is InChI=1S/C31H30ClFN6O5/c1-14(2)23-26(15(3)9-10-34-23)39-28-17(11-18(32)24(35-28)22-19(33)7-6-8-21(22)44-5)27-25(30(39)41)36-29(40)20-13-37(31(42)43)16(4)12-38(20)27/h6-11,14,16,20H,12-13H2,1-5H3,(H,36,40)(H,42,43)/t16-,20-/m1/s1. The monoisotopic (exact) mass is 620 g/mol. The highest BCUT2D eigenvalue weighted by atomic mass is 35.5. The van der Waals surface area contributed by atoms with Crippen LogP contribution in [0.15, 0.2) is 41.3 Å². The number of piperazine rings is 1. The first-order chi connectivity index (χ1) is 20.9. The van der Waals surface area contributed by atoms with Gasteiger partial charge in [0.15, 0.2) is 5.65 Å². The number of aryl methyl sites for hydroxylation is 1. The first kappa shape index (κ1) is 29.4. The van der Waals surface area contributed by atoms with Crippen LogP contribution < -0.4 is 20.5 Å². The van der Waals surface area contributed by atoms with Crippen molar-refractivity contribution in [3.8, 4) is 22.7 Å². The maximum atomic E-state index is 15.4. The van der Waals surface area contributed by atoms with Gasteiger partial charge in [0.1, 0.15) is 23.3 Å². The molecule has 0 unspecified atom stereocenters. The van der Waals surface area contributed by atoms with Crippen LogP contribution in [0.2, 0.25) is 5.02 Å². The largest absolute Gasteiger partial charge is 0.496 e. The molecule has 0 spiro atoms. The quantitative estimate of drug-likeness (QED) is 0.319. The zero-order valence-corrected chi connectivity index (χ0v) is 25.4. The lowest BCUT2D eigenvalue weighted by Crippen LogP contribution is -2.64. The summed E-state index contributed by atoms with van der Waals surface area (Å²) in [6, 6.07) is 6.36. The Kier molecular flexibility index (Phi) is 7.19. The van der Waals surface area contributed by atoms with Gasteiger partial charge in [-0.3, -0.25) is 19.1 Å². The van der Waals surface area contributed by atoms with Crippen molar-refractivity contribution in [1.82, 2.24) is 19.4 Å². The van der Waals surface area contributed by atoms with E-state index in [0.29, 0.717) is 22.5 Å². The van der Waals surface area contributed by atoms with Crippen molar-refractivity contribution in [2.24, 2.45) is 0 Å². The molecule has 2 atom stereocenters. The highest BCUT2D eigenvalue weighted by molar-refractivity contribution is 6.34. The van der Waals surface area contributed by atoms with Crippen LogP contribution in [0.1, 0.15) is 37.9 Å². The molecule has 4 aromatic rings. The topological polar surface area (TPSA) is 130 Å². The molecule has 1 fully saturated rings. The van der Waals surface area contributed by atoms with Crippen LogP contribution in [0.3, 0.4) is 0 Å². The van der Waals surface area contributed by atoms with E-state index in [4.69, 9.17) is 21.3 Å². The van der Waals surface area contributed by atoms with E-state index in [2.05, 4.69) is 10.3 Å². The highest BCUT2D eigenvalue weighted by Gasteiger charge is 2.44. The summed E-state index contributed by atoms with van der Waals surface area (Å²) in [6.07, 6.45) is 0.521. The van der Waals surface area contributed by atoms with Gasteiger partial charge in [0.2, 0.25) is 5.91 Å². The number of carboxylic acid groups (broad SMARTS) is 1. The molecule has 2 amide bonds. The number of fused-ring (bicyclic) bond motifs is 5. The van der Waals surface area contributed by atoms with Crippen molar-refractivity contribution >= 4 is 46.0 Å². The van der Waals surface area contributed by atoms with Gasteiger partial charge in [0.05, 0.1) is 47.0 Å². The van der Waals surface area contributed by atoms with E-state index < -0.39 is 35.5 Å². The van der Waals surface area contributed by atoms with Crippen molar-refractivity contribution in [3.05, 3.63) is 69.0 Å². The van der Waals surface area contributed by atoms with Gasteiger partial charge < -0.3 is 25.0 Å². The molecule has 1 aromatic carbocycles. The Balaban J connectivity index is 1.75. The van der Waals surface area contributed by atoms with Gasteiger partial charge in [-0.05, 0) is 49.6 Å². The molecule has 2 aliphatic rings. The second-order valence-electron chi connectivity index (χ2n) is 11.3. The maximum absolute atomic E-state index is 15.4. The number of nitrogens with zero attached hydrogens (tertiary/aromatic N) is 5. The van der Waals surface area contributed by atoms with Crippen molar-refractivity contribution in [1.29, 1.82) is 0 Å². The number of carbonyl (C=O) groups excluding carboxylic acids is 1. The Morgan fingerprint density at radius 3 is 2.64 bits per heavy atom. The zero-order chi connectivity index (χ0) is 31.6. The minimum atomic E-state index is -1.14. The second-order valence-corrected chi connectivity index (χ2v) is 11.7. The number of anilines is 2. The van der Waals surface area contributed by atoms with E-state index in [0.717, 1.165) is 5.56 Å². The molecule has 6 rings (SSSR count). The van der Waals surface area contributed by atoms with Crippen LogP contribution in [-0.2, 0) is 4.79 Å². The third-order valence-corrected chi connectivity index (χ3v) is 8.54. The number of halogens is 2. The molecular formula is C31H30ClFN6O5. The number of amides is 2. The summed E-state index contributed by atoms with van der Waals surface area (Å²) in [5.74, 6) is -1.00. The molecule has 13 heteroatoms. The lowest BCUT2D eigenvalue weighted by atomic mass is 9.99. The van der Waals surface area contributed by atoms with Crippen molar-refractivity contribution in [2.75, 3.05) is 30.4 Å². The average molecular weight is 621 g/mol. The van der Waals surface area contributed by atoms with Crippen LogP contribution in [0, 0.1) is 12.7 Å². The summed E-state index contributed by atoms with van der Waals surface area (Å²) in [4.78, 5) is 52.3. The Morgan fingerprint density at radius 1 is 1.20 bits per heavy atom. The number of aromatic nitrogens is 3. The van der Waals surface area contributed by atoms with Gasteiger partial charge in [-0.15, -0.1) is 0 Å². The first-order valence-electron chi connectivity index (χ1n) is 14.1. The molecule has 2 aliphatic heterocycles. The Hall–Kier alpha value is -4.71. The predicted molar refractivity (Wildman–Crippen MR) is 165 cm³/mol. The molecule has 5 heterocycles. The van der Waals surface area contributed by atoms with Crippen LogP contribution >= 0.6 is 11.6 Å². The fourth-order valence-electron chi connectivity index (χ4n) is 6.17. The van der Waals surface area contributed by atoms with Crippen molar-refractivity contribution < 1.29 is 23.8 Å². The number of ether oxygens (including phenoxy) is 1. The SMILES string of the molecule is COc1cccc(F)c1-c1nc2c(cc1Cl)c1c(c(=O)n2-c2c(C)ccnc2C(C)C)NC(=O)[C@H]2CN(C(=O)O)[C@H](C)CN12. The number of rotatable bonds is 4. The summed E-state index contributed by atoms with van der Waals surface area (Å²) in [5.41, 5.74) is 1.93. The molecule has 228 valence electrons. The molecule has 3 aromatic heterocycles. The highest BCUT2D eigenvalue weighted by Crippen LogP contribution is 2.43. The zero-order valence-electron chi connectivity index (χ0n) is 24.7. The molecule has 2 N–H and O–H groups in total. The molecule has 44 heavy (non-hydrogen) atoms. The van der Waals surface area contributed by atoms with Gasteiger partial charge in [-0.1, -0.05) is 31.5 Å². The lowest BCUT2D eigenvalue weighted by molar-refractivity contribution is -0.118. The average Bonchev–Trinajstić information content (AvgIpc) is 2.97. The summed E-state index contributed by atoms with van der Waals surface area (Å²) >= 11 is 6.85. The van der Waals surface area contributed by atoms with E-state index in [1.807, 2.05) is 20.8 Å². The second kappa shape index (κ2) is 10.8. The van der Waals surface area contributed by atoms with Crippen LogP contribution in [0.4, 0.5) is 20.6 Å². The molecule has 0 saturated carbocycles. The molecule has 0 radical (unpaired) electrons. The molecule has 0 aliphatic carbocycles.